The second-order valence-electron chi connectivity index (χ2n) is 9.63. The van der Waals surface area contributed by atoms with E-state index in [1.54, 1.807) is 0 Å². The van der Waals surface area contributed by atoms with Crippen LogP contribution < -0.4 is 9.64 Å². The Hall–Kier alpha value is -3.20. The monoisotopic (exact) mass is 417 g/mol. The van der Waals surface area contributed by atoms with Crippen molar-refractivity contribution in [1.82, 2.24) is 4.90 Å². The summed E-state index contributed by atoms with van der Waals surface area (Å²) in [6.45, 7) is 5.74. The number of carbonyl (C=O) groups excluding carboxylic acids is 1. The van der Waals surface area contributed by atoms with Crippen LogP contribution in [-0.2, 0) is 4.74 Å². The lowest BCUT2D eigenvalue weighted by molar-refractivity contribution is 0.00613. The van der Waals surface area contributed by atoms with E-state index in [9.17, 15) is 10.1 Å². The maximum atomic E-state index is 12.9. The van der Waals surface area contributed by atoms with Gasteiger partial charge >= 0.3 is 6.09 Å². The molecular weight excluding hydrogens is 390 g/mol. The highest BCUT2D eigenvalue weighted by atomic mass is 16.6. The van der Waals surface area contributed by atoms with Gasteiger partial charge in [-0.3, -0.25) is 0 Å². The van der Waals surface area contributed by atoms with E-state index in [4.69, 9.17) is 9.47 Å². The molecule has 160 valence electrons. The second-order valence-corrected chi connectivity index (χ2v) is 9.63. The molecule has 0 saturated carbocycles. The van der Waals surface area contributed by atoms with Gasteiger partial charge < -0.3 is 19.3 Å². The zero-order valence-corrected chi connectivity index (χ0v) is 18.2. The fourth-order valence-electron chi connectivity index (χ4n) is 5.22. The summed E-state index contributed by atoms with van der Waals surface area (Å²) in [6, 6.07) is 16.5. The summed E-state index contributed by atoms with van der Waals surface area (Å²) in [5, 5.41) is 9.32. The lowest BCUT2D eigenvalue weighted by Crippen LogP contribution is -2.53. The van der Waals surface area contributed by atoms with E-state index < -0.39 is 5.60 Å². The maximum Gasteiger partial charge on any atom is 0.410 e. The lowest BCUT2D eigenvalue weighted by Gasteiger charge is -2.45. The number of nitriles is 1. The summed E-state index contributed by atoms with van der Waals surface area (Å²) >= 11 is 0. The third-order valence-electron chi connectivity index (χ3n) is 6.37. The van der Waals surface area contributed by atoms with Gasteiger partial charge in [-0.25, -0.2) is 4.79 Å². The highest BCUT2D eigenvalue weighted by molar-refractivity contribution is 5.79. The Balaban J connectivity index is 1.47. The smallest absolute Gasteiger partial charge is 0.410 e. The molecule has 0 aromatic heterocycles. The summed E-state index contributed by atoms with van der Waals surface area (Å²) in [7, 11) is 0. The first-order valence-electron chi connectivity index (χ1n) is 11.0. The fourth-order valence-corrected chi connectivity index (χ4v) is 5.22. The average Bonchev–Trinajstić information content (AvgIpc) is 3.00. The molecule has 3 heterocycles. The minimum Gasteiger partial charge on any atom is -0.453 e. The van der Waals surface area contributed by atoms with Gasteiger partial charge in [0.1, 0.15) is 5.60 Å². The number of para-hydroxylation sites is 2. The van der Waals surface area contributed by atoms with Gasteiger partial charge in [-0.15, -0.1) is 0 Å². The van der Waals surface area contributed by atoms with Crippen LogP contribution in [0.4, 0.5) is 16.2 Å². The number of hydrogen-bond donors (Lipinski definition) is 0. The first kappa shape index (κ1) is 19.7. The topological polar surface area (TPSA) is 65.8 Å². The Labute approximate surface area is 183 Å². The molecule has 0 aliphatic carbocycles. The molecular formula is C25H27N3O3. The molecule has 0 N–H and O–H groups in total. The van der Waals surface area contributed by atoms with Crippen LogP contribution in [0.2, 0.25) is 0 Å². The fraction of sp³-hybridized carbons (Fsp3) is 0.440. The normalized spacial score (nSPS) is 24.0. The van der Waals surface area contributed by atoms with E-state index in [0.29, 0.717) is 11.3 Å². The first-order valence-corrected chi connectivity index (χ1v) is 11.0. The van der Waals surface area contributed by atoms with Gasteiger partial charge in [0.15, 0.2) is 11.5 Å². The number of ether oxygens (including phenoxy) is 2. The largest absolute Gasteiger partial charge is 0.453 e. The summed E-state index contributed by atoms with van der Waals surface area (Å²) in [6.07, 6.45) is 3.58. The van der Waals surface area contributed by atoms with Gasteiger partial charge in [-0.1, -0.05) is 12.1 Å². The lowest BCUT2D eigenvalue weighted by atomic mass is 9.94. The van der Waals surface area contributed by atoms with Crippen molar-refractivity contribution in [3.05, 3.63) is 48.0 Å². The van der Waals surface area contributed by atoms with E-state index >= 15 is 0 Å². The summed E-state index contributed by atoms with van der Waals surface area (Å²) in [5.41, 5.74) is 2.11. The molecule has 6 nitrogen and oxygen atoms in total. The van der Waals surface area contributed by atoms with Crippen LogP contribution in [-0.4, -0.2) is 34.7 Å². The van der Waals surface area contributed by atoms with Crippen LogP contribution >= 0.6 is 0 Å². The van der Waals surface area contributed by atoms with Crippen molar-refractivity contribution in [2.75, 3.05) is 4.90 Å². The molecule has 5 rings (SSSR count). The van der Waals surface area contributed by atoms with Gasteiger partial charge in [0.05, 0.1) is 23.0 Å². The number of nitrogens with zero attached hydrogens (tertiary/aromatic N) is 3. The zero-order chi connectivity index (χ0) is 21.8. The maximum absolute atomic E-state index is 12.9. The molecule has 2 bridgehead atoms. The van der Waals surface area contributed by atoms with Crippen molar-refractivity contribution in [2.24, 2.45) is 0 Å². The Morgan fingerprint density at radius 1 is 1.03 bits per heavy atom. The number of hydrogen-bond acceptors (Lipinski definition) is 5. The number of rotatable bonds is 1. The Bertz CT molecular complexity index is 1050. The summed E-state index contributed by atoms with van der Waals surface area (Å²) < 4.78 is 11.8. The molecule has 3 aliphatic rings. The molecule has 0 radical (unpaired) electrons. The van der Waals surface area contributed by atoms with E-state index in [0.717, 1.165) is 42.8 Å². The minimum absolute atomic E-state index is 0.176. The molecule has 3 atom stereocenters. The van der Waals surface area contributed by atoms with Gasteiger partial charge in [0.25, 0.3) is 0 Å². The highest BCUT2D eigenvalue weighted by Crippen LogP contribution is 2.51. The number of carbonyl (C=O) groups is 1. The van der Waals surface area contributed by atoms with Crippen LogP contribution in [0.15, 0.2) is 42.5 Å². The average molecular weight is 418 g/mol. The van der Waals surface area contributed by atoms with Crippen molar-refractivity contribution < 1.29 is 14.3 Å². The van der Waals surface area contributed by atoms with Gasteiger partial charge in [0, 0.05) is 24.2 Å². The van der Waals surface area contributed by atoms with E-state index in [-0.39, 0.29) is 24.2 Å². The molecule has 0 spiro atoms. The van der Waals surface area contributed by atoms with Crippen LogP contribution in [0.25, 0.3) is 0 Å². The molecule has 31 heavy (non-hydrogen) atoms. The van der Waals surface area contributed by atoms with Crippen molar-refractivity contribution in [3.8, 4) is 17.6 Å². The molecule has 3 aliphatic heterocycles. The van der Waals surface area contributed by atoms with Crippen molar-refractivity contribution >= 4 is 17.5 Å². The molecule has 2 fully saturated rings. The minimum atomic E-state index is -0.492. The van der Waals surface area contributed by atoms with E-state index in [1.165, 1.54) is 0 Å². The highest BCUT2D eigenvalue weighted by Gasteiger charge is 2.47. The zero-order valence-electron chi connectivity index (χ0n) is 18.2. The van der Waals surface area contributed by atoms with Gasteiger partial charge in [-0.05, 0) is 70.7 Å². The predicted octanol–water partition coefficient (Wildman–Crippen LogP) is 5.73. The van der Waals surface area contributed by atoms with Crippen LogP contribution in [0.5, 0.6) is 11.5 Å². The number of fused-ring (bicyclic) bond motifs is 4. The summed E-state index contributed by atoms with van der Waals surface area (Å²) in [4.78, 5) is 17.2. The number of benzene rings is 2. The SMILES string of the molecule is CC(C)(C)OC(=O)N1[C@@H]2CC[C@H]1CC(N1c3ccccc3Oc3cc(C#N)ccc31)C2. The van der Waals surface area contributed by atoms with Crippen molar-refractivity contribution in [1.29, 1.82) is 5.26 Å². The van der Waals surface area contributed by atoms with Crippen molar-refractivity contribution in [2.45, 2.75) is 70.2 Å². The van der Waals surface area contributed by atoms with Gasteiger partial charge in [-0.2, -0.15) is 5.26 Å². The molecule has 2 aromatic rings. The Morgan fingerprint density at radius 2 is 1.71 bits per heavy atom. The Morgan fingerprint density at radius 3 is 2.39 bits per heavy atom. The molecule has 6 heteroatoms. The van der Waals surface area contributed by atoms with Crippen LogP contribution in [0.1, 0.15) is 52.0 Å². The van der Waals surface area contributed by atoms with Crippen LogP contribution in [0, 0.1) is 11.3 Å². The molecule has 2 aromatic carbocycles. The third-order valence-corrected chi connectivity index (χ3v) is 6.37. The Kier molecular flexibility index (Phi) is 4.58. The quantitative estimate of drug-likeness (QED) is 0.593. The predicted molar refractivity (Wildman–Crippen MR) is 118 cm³/mol. The summed E-state index contributed by atoms with van der Waals surface area (Å²) in [5.74, 6) is 1.51. The van der Waals surface area contributed by atoms with Crippen molar-refractivity contribution in [3.63, 3.8) is 0 Å². The van der Waals surface area contributed by atoms with Gasteiger partial charge in [0.2, 0.25) is 0 Å². The number of amides is 1. The van der Waals surface area contributed by atoms with E-state index in [1.807, 2.05) is 62.1 Å². The number of anilines is 2. The second kappa shape index (κ2) is 7.19. The standard InChI is InChI=1S/C25H27N3O3/c1-25(2,3)31-24(29)27-17-9-10-18(27)14-19(13-17)28-20-6-4-5-7-22(20)30-23-12-16(15-26)8-11-21(23)28/h4-8,11-12,17-19H,9-10,13-14H2,1-3H3/t17-,18+,19?. The van der Waals surface area contributed by atoms with Crippen LogP contribution in [0.3, 0.4) is 0 Å². The third kappa shape index (κ3) is 3.48. The molecule has 1 unspecified atom stereocenters. The van der Waals surface area contributed by atoms with E-state index in [2.05, 4.69) is 17.0 Å². The first-order chi connectivity index (χ1) is 14.8. The molecule has 1 amide bonds. The number of piperidine rings is 1. The molecule has 2 saturated heterocycles.